The zero-order valence-corrected chi connectivity index (χ0v) is 12.0. The molecule has 2 aromatic carbocycles. The summed E-state index contributed by atoms with van der Waals surface area (Å²) in [6, 6.07) is 13.0. The number of hydrazine groups is 1. The van der Waals surface area contributed by atoms with Gasteiger partial charge in [0.1, 0.15) is 18.2 Å². The number of halogens is 1. The largest absolute Gasteiger partial charge is 0.489 e. The van der Waals surface area contributed by atoms with Crippen molar-refractivity contribution >= 4 is 5.91 Å². The first-order valence-electron chi connectivity index (χ1n) is 6.50. The van der Waals surface area contributed by atoms with E-state index in [9.17, 15) is 9.18 Å². The van der Waals surface area contributed by atoms with Crippen LogP contribution in [0.4, 0.5) is 4.39 Å². The Morgan fingerprint density at radius 2 is 1.90 bits per heavy atom. The van der Waals surface area contributed by atoms with Crippen LogP contribution in [0.2, 0.25) is 0 Å². The monoisotopic (exact) mass is 288 g/mol. The molecule has 1 N–H and O–H groups in total. The van der Waals surface area contributed by atoms with Gasteiger partial charge in [-0.3, -0.25) is 10.2 Å². The topological polar surface area (TPSA) is 41.6 Å². The van der Waals surface area contributed by atoms with Crippen molar-refractivity contribution in [2.24, 2.45) is 0 Å². The molecular formula is C16H17FN2O2. The van der Waals surface area contributed by atoms with Crippen LogP contribution in [0.25, 0.3) is 0 Å². The smallest absolute Gasteiger partial charge is 0.265 e. The van der Waals surface area contributed by atoms with Crippen molar-refractivity contribution in [2.45, 2.75) is 6.61 Å². The Morgan fingerprint density at radius 1 is 1.19 bits per heavy atom. The predicted molar refractivity (Wildman–Crippen MR) is 78.3 cm³/mol. The SMILES string of the molecule is CN(C)NC(=O)c1cccc(OCc2ccc(F)cc2)c1. The number of benzene rings is 2. The van der Waals surface area contributed by atoms with Crippen LogP contribution in [0.15, 0.2) is 48.5 Å². The van der Waals surface area contributed by atoms with E-state index < -0.39 is 0 Å². The molecule has 0 aliphatic heterocycles. The van der Waals surface area contributed by atoms with E-state index in [1.54, 1.807) is 55.5 Å². The highest BCUT2D eigenvalue weighted by Gasteiger charge is 2.07. The molecule has 0 unspecified atom stereocenters. The second kappa shape index (κ2) is 6.85. The normalized spacial score (nSPS) is 10.5. The summed E-state index contributed by atoms with van der Waals surface area (Å²) in [7, 11) is 3.49. The maximum atomic E-state index is 12.8. The summed E-state index contributed by atoms with van der Waals surface area (Å²) in [4.78, 5) is 11.9. The van der Waals surface area contributed by atoms with E-state index in [2.05, 4.69) is 5.43 Å². The number of hydrogen-bond acceptors (Lipinski definition) is 3. The molecule has 0 atom stereocenters. The molecule has 2 rings (SSSR count). The fourth-order valence-electron chi connectivity index (χ4n) is 1.74. The Hall–Kier alpha value is -2.40. The van der Waals surface area contributed by atoms with Crippen LogP contribution in [-0.2, 0) is 6.61 Å². The van der Waals surface area contributed by atoms with E-state index >= 15 is 0 Å². The minimum atomic E-state index is -0.277. The first kappa shape index (κ1) is 15.0. The van der Waals surface area contributed by atoms with E-state index in [-0.39, 0.29) is 11.7 Å². The fraction of sp³-hybridized carbons (Fsp3) is 0.188. The summed E-state index contributed by atoms with van der Waals surface area (Å²) in [5.41, 5.74) is 4.04. The second-order valence-electron chi connectivity index (χ2n) is 4.78. The molecule has 1 amide bonds. The molecule has 2 aromatic rings. The molecule has 0 heterocycles. The number of hydrogen-bond donors (Lipinski definition) is 1. The number of nitrogens with zero attached hydrogens (tertiary/aromatic N) is 1. The van der Waals surface area contributed by atoms with Gasteiger partial charge >= 0.3 is 0 Å². The molecular weight excluding hydrogens is 271 g/mol. The summed E-state index contributed by atoms with van der Waals surface area (Å²) in [5.74, 6) is 0.110. The molecule has 21 heavy (non-hydrogen) atoms. The Balaban J connectivity index is 2.00. The first-order chi connectivity index (χ1) is 10.0. The van der Waals surface area contributed by atoms with Gasteiger partial charge in [0.2, 0.25) is 0 Å². The molecule has 0 saturated carbocycles. The molecule has 0 aromatic heterocycles. The molecule has 110 valence electrons. The Kier molecular flexibility index (Phi) is 4.90. The van der Waals surface area contributed by atoms with Crippen molar-refractivity contribution < 1.29 is 13.9 Å². The van der Waals surface area contributed by atoms with Gasteiger partial charge in [-0.2, -0.15) is 0 Å². The maximum Gasteiger partial charge on any atom is 0.265 e. The maximum absolute atomic E-state index is 12.8. The summed E-state index contributed by atoms with van der Waals surface area (Å²) in [6.45, 7) is 0.318. The van der Waals surface area contributed by atoms with Gasteiger partial charge in [-0.15, -0.1) is 0 Å². The molecule has 0 fully saturated rings. The number of amides is 1. The molecule has 0 aliphatic carbocycles. The summed E-state index contributed by atoms with van der Waals surface area (Å²) in [6.07, 6.45) is 0. The van der Waals surface area contributed by atoms with E-state index in [1.807, 2.05) is 0 Å². The van der Waals surface area contributed by atoms with Crippen LogP contribution < -0.4 is 10.2 Å². The van der Waals surface area contributed by atoms with Gasteiger partial charge < -0.3 is 4.74 Å². The molecule has 0 saturated heterocycles. The highest BCUT2D eigenvalue weighted by atomic mass is 19.1. The van der Waals surface area contributed by atoms with Gasteiger partial charge in [0.15, 0.2) is 0 Å². The molecule has 5 heteroatoms. The fourth-order valence-corrected chi connectivity index (χ4v) is 1.74. The molecule has 0 aliphatic rings. The Bertz CT molecular complexity index is 612. The van der Waals surface area contributed by atoms with Crippen LogP contribution in [0.1, 0.15) is 15.9 Å². The lowest BCUT2D eigenvalue weighted by Gasteiger charge is -2.12. The first-order valence-corrected chi connectivity index (χ1v) is 6.50. The molecule has 0 bridgehead atoms. The number of carbonyl (C=O) groups is 1. The third kappa shape index (κ3) is 4.57. The van der Waals surface area contributed by atoms with Gasteiger partial charge in [-0.05, 0) is 35.9 Å². The third-order valence-electron chi connectivity index (χ3n) is 2.74. The highest BCUT2D eigenvalue weighted by Crippen LogP contribution is 2.15. The molecule has 0 radical (unpaired) electrons. The van der Waals surface area contributed by atoms with Crippen molar-refractivity contribution in [3.05, 3.63) is 65.5 Å². The lowest BCUT2D eigenvalue weighted by atomic mass is 10.2. The minimum absolute atomic E-state index is 0.202. The van der Waals surface area contributed by atoms with Crippen LogP contribution >= 0.6 is 0 Å². The lowest BCUT2D eigenvalue weighted by Crippen LogP contribution is -2.36. The zero-order chi connectivity index (χ0) is 15.2. The number of ether oxygens (including phenoxy) is 1. The predicted octanol–water partition coefficient (Wildman–Crippen LogP) is 2.61. The standard InChI is InChI=1S/C16H17FN2O2/c1-19(2)18-16(20)13-4-3-5-15(10-13)21-11-12-6-8-14(17)9-7-12/h3-10H,11H2,1-2H3,(H,18,20). The molecule has 0 spiro atoms. The van der Waals surface area contributed by atoms with Crippen LogP contribution in [0.3, 0.4) is 0 Å². The third-order valence-corrected chi connectivity index (χ3v) is 2.74. The number of nitrogens with one attached hydrogen (secondary N) is 1. The average Bonchev–Trinajstić information content (AvgIpc) is 2.46. The Morgan fingerprint density at radius 3 is 2.57 bits per heavy atom. The number of carbonyl (C=O) groups excluding carboxylic acids is 1. The van der Waals surface area contributed by atoms with Crippen molar-refractivity contribution in [1.29, 1.82) is 0 Å². The van der Waals surface area contributed by atoms with Crippen molar-refractivity contribution in [1.82, 2.24) is 10.4 Å². The van der Waals surface area contributed by atoms with Crippen molar-refractivity contribution in [3.8, 4) is 5.75 Å². The van der Waals surface area contributed by atoms with Gasteiger partial charge in [-0.1, -0.05) is 18.2 Å². The van der Waals surface area contributed by atoms with E-state index in [1.165, 1.54) is 12.1 Å². The summed E-state index contributed by atoms with van der Waals surface area (Å²) in [5, 5.41) is 1.58. The van der Waals surface area contributed by atoms with Crippen molar-refractivity contribution in [2.75, 3.05) is 14.1 Å². The van der Waals surface area contributed by atoms with E-state index in [0.717, 1.165) is 5.56 Å². The van der Waals surface area contributed by atoms with Crippen LogP contribution in [0, 0.1) is 5.82 Å². The van der Waals surface area contributed by atoms with Gasteiger partial charge in [0.25, 0.3) is 5.91 Å². The van der Waals surface area contributed by atoms with E-state index in [0.29, 0.717) is 17.9 Å². The van der Waals surface area contributed by atoms with Crippen molar-refractivity contribution in [3.63, 3.8) is 0 Å². The highest BCUT2D eigenvalue weighted by molar-refractivity contribution is 5.94. The van der Waals surface area contributed by atoms with Crippen LogP contribution in [-0.4, -0.2) is 25.0 Å². The average molecular weight is 288 g/mol. The summed E-state index contributed by atoms with van der Waals surface area (Å²) >= 11 is 0. The minimum Gasteiger partial charge on any atom is -0.489 e. The summed E-state index contributed by atoms with van der Waals surface area (Å²) < 4.78 is 18.4. The lowest BCUT2D eigenvalue weighted by molar-refractivity contribution is 0.0856. The molecule has 4 nitrogen and oxygen atoms in total. The second-order valence-corrected chi connectivity index (χ2v) is 4.78. The van der Waals surface area contributed by atoms with Gasteiger partial charge in [-0.25, -0.2) is 9.40 Å². The quantitative estimate of drug-likeness (QED) is 0.860. The van der Waals surface area contributed by atoms with E-state index in [4.69, 9.17) is 4.74 Å². The van der Waals surface area contributed by atoms with Gasteiger partial charge in [0.05, 0.1) is 0 Å². The number of rotatable bonds is 5. The van der Waals surface area contributed by atoms with Crippen LogP contribution in [0.5, 0.6) is 5.75 Å². The Labute approximate surface area is 123 Å². The zero-order valence-electron chi connectivity index (χ0n) is 12.0. The van der Waals surface area contributed by atoms with Gasteiger partial charge in [0, 0.05) is 19.7 Å².